The molecule has 1 saturated carbocycles. The summed E-state index contributed by atoms with van der Waals surface area (Å²) < 4.78 is 0. The molecule has 2 aliphatic rings. The maximum absolute atomic E-state index is 4.35. The SMILES string of the molecule is CCC1CCC(NC2CCN(c3ncccn3)CC2)C1. The normalized spacial score (nSPS) is 27.9. The molecule has 1 aliphatic carbocycles. The summed E-state index contributed by atoms with van der Waals surface area (Å²) in [5, 5.41) is 3.89. The van der Waals surface area contributed by atoms with E-state index >= 15 is 0 Å². The Morgan fingerprint density at radius 2 is 1.85 bits per heavy atom. The second-order valence-electron chi connectivity index (χ2n) is 6.26. The lowest BCUT2D eigenvalue weighted by Crippen LogP contribution is -2.46. The van der Waals surface area contributed by atoms with Crippen molar-refractivity contribution in [3.8, 4) is 0 Å². The molecule has 0 amide bonds. The second-order valence-corrected chi connectivity index (χ2v) is 6.26. The van der Waals surface area contributed by atoms with Gasteiger partial charge in [-0.05, 0) is 44.1 Å². The van der Waals surface area contributed by atoms with Crippen LogP contribution in [0.25, 0.3) is 0 Å². The van der Waals surface area contributed by atoms with Crippen LogP contribution in [0.15, 0.2) is 18.5 Å². The molecule has 1 N–H and O–H groups in total. The number of nitrogens with one attached hydrogen (secondary N) is 1. The van der Waals surface area contributed by atoms with Gasteiger partial charge in [0.05, 0.1) is 0 Å². The highest BCUT2D eigenvalue weighted by Crippen LogP contribution is 2.29. The Balaban J connectivity index is 1.45. The first-order valence-corrected chi connectivity index (χ1v) is 8.13. The number of hydrogen-bond acceptors (Lipinski definition) is 4. The molecule has 4 nitrogen and oxygen atoms in total. The molecule has 0 spiro atoms. The predicted octanol–water partition coefficient (Wildman–Crippen LogP) is 2.61. The van der Waals surface area contributed by atoms with Gasteiger partial charge >= 0.3 is 0 Å². The van der Waals surface area contributed by atoms with Gasteiger partial charge in [-0.1, -0.05) is 13.3 Å². The minimum absolute atomic E-state index is 0.690. The summed E-state index contributed by atoms with van der Waals surface area (Å²) in [6.07, 6.45) is 11.6. The van der Waals surface area contributed by atoms with Gasteiger partial charge in [-0.15, -0.1) is 0 Å². The first-order chi connectivity index (χ1) is 9.85. The number of nitrogens with zero attached hydrogens (tertiary/aromatic N) is 3. The van der Waals surface area contributed by atoms with E-state index in [1.165, 1.54) is 38.5 Å². The number of anilines is 1. The molecule has 0 bridgehead atoms. The number of piperidine rings is 1. The molecule has 0 aromatic carbocycles. The summed E-state index contributed by atoms with van der Waals surface area (Å²) in [5.74, 6) is 1.85. The average molecular weight is 274 g/mol. The Morgan fingerprint density at radius 3 is 2.50 bits per heavy atom. The molecule has 1 saturated heterocycles. The van der Waals surface area contributed by atoms with Crippen LogP contribution >= 0.6 is 0 Å². The van der Waals surface area contributed by atoms with Crippen LogP contribution in [0.1, 0.15) is 45.4 Å². The minimum Gasteiger partial charge on any atom is -0.341 e. The molecule has 1 aliphatic heterocycles. The van der Waals surface area contributed by atoms with Gasteiger partial charge in [0, 0.05) is 37.6 Å². The Hall–Kier alpha value is -1.16. The minimum atomic E-state index is 0.690. The van der Waals surface area contributed by atoms with Crippen molar-refractivity contribution in [2.24, 2.45) is 5.92 Å². The van der Waals surface area contributed by atoms with E-state index in [1.54, 1.807) is 0 Å². The highest BCUT2D eigenvalue weighted by molar-refractivity contribution is 5.29. The van der Waals surface area contributed by atoms with Crippen molar-refractivity contribution < 1.29 is 0 Å². The quantitative estimate of drug-likeness (QED) is 0.916. The first kappa shape index (κ1) is 13.8. The molecule has 1 aromatic rings. The highest BCUT2D eigenvalue weighted by Gasteiger charge is 2.27. The molecular weight excluding hydrogens is 248 g/mol. The van der Waals surface area contributed by atoms with E-state index in [4.69, 9.17) is 0 Å². The van der Waals surface area contributed by atoms with Crippen LogP contribution < -0.4 is 10.2 Å². The van der Waals surface area contributed by atoms with Crippen LogP contribution in [0.5, 0.6) is 0 Å². The Kier molecular flexibility index (Phi) is 4.51. The van der Waals surface area contributed by atoms with Crippen LogP contribution in [0, 0.1) is 5.92 Å². The van der Waals surface area contributed by atoms with Gasteiger partial charge in [0.1, 0.15) is 0 Å². The molecule has 2 heterocycles. The summed E-state index contributed by atoms with van der Waals surface area (Å²) in [6.45, 7) is 4.47. The first-order valence-electron chi connectivity index (χ1n) is 8.13. The standard InChI is InChI=1S/C16H26N4/c1-2-13-4-5-15(12-13)19-14-6-10-20(11-7-14)16-17-8-3-9-18-16/h3,8-9,13-15,19H,2,4-7,10-12H2,1H3. The lowest BCUT2D eigenvalue weighted by Gasteiger charge is -2.33. The Bertz CT molecular complexity index is 400. The van der Waals surface area contributed by atoms with Crippen molar-refractivity contribution in [2.45, 2.75) is 57.5 Å². The molecule has 1 aromatic heterocycles. The van der Waals surface area contributed by atoms with Gasteiger partial charge in [-0.3, -0.25) is 0 Å². The monoisotopic (exact) mass is 274 g/mol. The van der Waals surface area contributed by atoms with Gasteiger partial charge in [0.2, 0.25) is 5.95 Å². The van der Waals surface area contributed by atoms with E-state index in [-0.39, 0.29) is 0 Å². The smallest absolute Gasteiger partial charge is 0.225 e. The summed E-state index contributed by atoms with van der Waals surface area (Å²) in [4.78, 5) is 11.0. The third-order valence-corrected chi connectivity index (χ3v) is 4.92. The molecule has 20 heavy (non-hydrogen) atoms. The maximum Gasteiger partial charge on any atom is 0.225 e. The fraction of sp³-hybridized carbons (Fsp3) is 0.750. The zero-order valence-electron chi connectivity index (χ0n) is 12.5. The van der Waals surface area contributed by atoms with Crippen molar-refractivity contribution >= 4 is 5.95 Å². The zero-order chi connectivity index (χ0) is 13.8. The maximum atomic E-state index is 4.35. The van der Waals surface area contributed by atoms with E-state index in [2.05, 4.69) is 27.1 Å². The summed E-state index contributed by atoms with van der Waals surface area (Å²) in [6, 6.07) is 3.34. The summed E-state index contributed by atoms with van der Waals surface area (Å²) in [7, 11) is 0. The van der Waals surface area contributed by atoms with Gasteiger partial charge in [-0.25, -0.2) is 9.97 Å². The van der Waals surface area contributed by atoms with Crippen LogP contribution in [0.3, 0.4) is 0 Å². The topological polar surface area (TPSA) is 41.0 Å². The molecule has 4 heteroatoms. The molecular formula is C16H26N4. The van der Waals surface area contributed by atoms with E-state index in [9.17, 15) is 0 Å². The third-order valence-electron chi connectivity index (χ3n) is 4.92. The fourth-order valence-corrected chi connectivity index (χ4v) is 3.63. The van der Waals surface area contributed by atoms with Crippen LogP contribution in [-0.2, 0) is 0 Å². The predicted molar refractivity (Wildman–Crippen MR) is 81.8 cm³/mol. The lowest BCUT2D eigenvalue weighted by molar-refractivity contribution is 0.359. The van der Waals surface area contributed by atoms with E-state index in [1.807, 2.05) is 18.5 Å². The van der Waals surface area contributed by atoms with Gasteiger partial charge in [0.15, 0.2) is 0 Å². The number of rotatable bonds is 4. The van der Waals surface area contributed by atoms with Crippen LogP contribution in [0.2, 0.25) is 0 Å². The van der Waals surface area contributed by atoms with Gasteiger partial charge in [-0.2, -0.15) is 0 Å². The van der Waals surface area contributed by atoms with Crippen molar-refractivity contribution in [1.29, 1.82) is 0 Å². The molecule has 2 atom stereocenters. The van der Waals surface area contributed by atoms with Crippen molar-refractivity contribution in [1.82, 2.24) is 15.3 Å². The highest BCUT2D eigenvalue weighted by atomic mass is 15.3. The van der Waals surface area contributed by atoms with Gasteiger partial charge in [0.25, 0.3) is 0 Å². The fourth-order valence-electron chi connectivity index (χ4n) is 3.63. The van der Waals surface area contributed by atoms with Crippen molar-refractivity contribution in [3.05, 3.63) is 18.5 Å². The van der Waals surface area contributed by atoms with Crippen LogP contribution in [0.4, 0.5) is 5.95 Å². The van der Waals surface area contributed by atoms with Gasteiger partial charge < -0.3 is 10.2 Å². The van der Waals surface area contributed by atoms with Crippen molar-refractivity contribution in [3.63, 3.8) is 0 Å². The number of aromatic nitrogens is 2. The zero-order valence-corrected chi connectivity index (χ0v) is 12.5. The van der Waals surface area contributed by atoms with E-state index in [0.717, 1.165) is 31.0 Å². The second kappa shape index (κ2) is 6.53. The summed E-state index contributed by atoms with van der Waals surface area (Å²) in [5.41, 5.74) is 0. The largest absolute Gasteiger partial charge is 0.341 e. The molecule has 3 rings (SSSR count). The molecule has 110 valence electrons. The summed E-state index contributed by atoms with van der Waals surface area (Å²) >= 11 is 0. The molecule has 0 radical (unpaired) electrons. The lowest BCUT2D eigenvalue weighted by atomic mass is 10.0. The average Bonchev–Trinajstić information content (AvgIpc) is 2.97. The molecule has 2 unspecified atom stereocenters. The van der Waals surface area contributed by atoms with E-state index in [0.29, 0.717) is 6.04 Å². The van der Waals surface area contributed by atoms with Crippen LogP contribution in [-0.4, -0.2) is 35.1 Å². The number of hydrogen-bond donors (Lipinski definition) is 1. The Morgan fingerprint density at radius 1 is 1.10 bits per heavy atom. The van der Waals surface area contributed by atoms with E-state index < -0.39 is 0 Å². The molecule has 2 fully saturated rings. The third kappa shape index (κ3) is 3.29. The van der Waals surface area contributed by atoms with Crippen molar-refractivity contribution in [2.75, 3.05) is 18.0 Å². The Labute approximate surface area is 122 Å².